The van der Waals surface area contributed by atoms with Crippen LogP contribution in [0.4, 0.5) is 0 Å². The summed E-state index contributed by atoms with van der Waals surface area (Å²) in [5.41, 5.74) is 2.20. The molecular formula is C16H20N2OS. The lowest BCUT2D eigenvalue weighted by Gasteiger charge is -2.34. The zero-order valence-corrected chi connectivity index (χ0v) is 12.7. The number of aromatic nitrogens is 1. The molecule has 4 heteroatoms. The van der Waals surface area contributed by atoms with Gasteiger partial charge in [0, 0.05) is 40.7 Å². The fourth-order valence-corrected chi connectivity index (χ4v) is 4.26. The molecule has 20 heavy (non-hydrogen) atoms. The number of fused-ring (bicyclic) bond motifs is 1. The lowest BCUT2D eigenvalue weighted by atomic mass is 10.1. The Hall–Kier alpha value is -1.42. The summed E-state index contributed by atoms with van der Waals surface area (Å²) < 4.78 is 0. The number of thioether (sulfide) groups is 1. The molecule has 1 aliphatic heterocycles. The molecule has 0 spiro atoms. The Balaban J connectivity index is 1.75. The van der Waals surface area contributed by atoms with Crippen molar-refractivity contribution < 1.29 is 4.79 Å². The molecule has 1 N–H and O–H groups in total. The number of nitrogens with zero attached hydrogens (tertiary/aromatic N) is 1. The van der Waals surface area contributed by atoms with E-state index in [1.54, 1.807) is 0 Å². The molecule has 0 bridgehead atoms. The summed E-state index contributed by atoms with van der Waals surface area (Å²) in [5, 5.41) is 2.23. The standard InChI is InChI=1S/C16H20N2OS/c1-11-9-18(10-12(2)20-11)16(19)7-13-8-17-15-6-4-3-5-14(13)15/h3-6,8,11-12,17H,7,9-10H2,1-2H3. The van der Waals surface area contributed by atoms with Crippen LogP contribution < -0.4 is 0 Å². The SMILES string of the molecule is CC1CN(C(=O)Cc2c[nH]c3ccccc23)CC(C)S1. The Morgan fingerprint density at radius 1 is 1.30 bits per heavy atom. The fourth-order valence-electron chi connectivity index (χ4n) is 2.93. The maximum Gasteiger partial charge on any atom is 0.227 e. The van der Waals surface area contributed by atoms with E-state index in [0.29, 0.717) is 16.9 Å². The molecule has 1 aromatic heterocycles. The first-order valence-electron chi connectivity index (χ1n) is 7.11. The molecule has 2 unspecified atom stereocenters. The highest BCUT2D eigenvalue weighted by molar-refractivity contribution is 8.00. The van der Waals surface area contributed by atoms with Gasteiger partial charge >= 0.3 is 0 Å². The van der Waals surface area contributed by atoms with Gasteiger partial charge in [-0.2, -0.15) is 11.8 Å². The highest BCUT2D eigenvalue weighted by atomic mass is 32.2. The quantitative estimate of drug-likeness (QED) is 0.922. The van der Waals surface area contributed by atoms with E-state index in [-0.39, 0.29) is 5.91 Å². The predicted octanol–water partition coefficient (Wildman–Crippen LogP) is 3.06. The van der Waals surface area contributed by atoms with Crippen LogP contribution in [0.3, 0.4) is 0 Å². The number of aromatic amines is 1. The van der Waals surface area contributed by atoms with E-state index in [2.05, 4.69) is 24.9 Å². The number of rotatable bonds is 2. The van der Waals surface area contributed by atoms with E-state index >= 15 is 0 Å². The Morgan fingerprint density at radius 3 is 2.75 bits per heavy atom. The van der Waals surface area contributed by atoms with E-state index in [9.17, 15) is 4.79 Å². The second kappa shape index (κ2) is 5.52. The summed E-state index contributed by atoms with van der Waals surface area (Å²) in [6.45, 7) is 6.14. The molecule has 1 aliphatic rings. The number of benzene rings is 1. The van der Waals surface area contributed by atoms with Gasteiger partial charge in [0.2, 0.25) is 5.91 Å². The van der Waals surface area contributed by atoms with Crippen molar-refractivity contribution in [3.05, 3.63) is 36.0 Å². The lowest BCUT2D eigenvalue weighted by Crippen LogP contribution is -2.44. The van der Waals surface area contributed by atoms with Gasteiger partial charge in [-0.05, 0) is 11.6 Å². The summed E-state index contributed by atoms with van der Waals surface area (Å²) in [5.74, 6) is 0.244. The van der Waals surface area contributed by atoms with Crippen LogP contribution in [0.15, 0.2) is 30.5 Å². The third kappa shape index (κ3) is 2.70. The van der Waals surface area contributed by atoms with Crippen molar-refractivity contribution in [1.82, 2.24) is 9.88 Å². The largest absolute Gasteiger partial charge is 0.361 e. The maximum absolute atomic E-state index is 12.5. The van der Waals surface area contributed by atoms with Gasteiger partial charge in [-0.25, -0.2) is 0 Å². The van der Waals surface area contributed by atoms with Gasteiger partial charge in [-0.1, -0.05) is 32.0 Å². The van der Waals surface area contributed by atoms with Crippen molar-refractivity contribution in [3.63, 3.8) is 0 Å². The zero-order chi connectivity index (χ0) is 14.1. The van der Waals surface area contributed by atoms with Crippen LogP contribution in [-0.4, -0.2) is 39.4 Å². The van der Waals surface area contributed by atoms with Gasteiger partial charge in [0.25, 0.3) is 0 Å². The molecule has 1 saturated heterocycles. The first kappa shape index (κ1) is 13.6. The monoisotopic (exact) mass is 288 g/mol. The Kier molecular flexibility index (Phi) is 3.74. The molecule has 1 fully saturated rings. The van der Waals surface area contributed by atoms with E-state index in [1.807, 2.05) is 41.1 Å². The fraction of sp³-hybridized carbons (Fsp3) is 0.438. The molecule has 3 nitrogen and oxygen atoms in total. The number of carbonyl (C=O) groups excluding carboxylic acids is 1. The molecule has 3 rings (SSSR count). The highest BCUT2D eigenvalue weighted by Crippen LogP contribution is 2.26. The molecule has 0 aliphatic carbocycles. The number of amides is 1. The van der Waals surface area contributed by atoms with Crippen LogP contribution >= 0.6 is 11.8 Å². The molecule has 1 aromatic carbocycles. The van der Waals surface area contributed by atoms with Crippen molar-refractivity contribution in [2.75, 3.05) is 13.1 Å². The van der Waals surface area contributed by atoms with E-state index in [4.69, 9.17) is 0 Å². The number of nitrogens with one attached hydrogen (secondary N) is 1. The molecule has 106 valence electrons. The lowest BCUT2D eigenvalue weighted by molar-refractivity contribution is -0.130. The van der Waals surface area contributed by atoms with Gasteiger partial charge in [-0.3, -0.25) is 4.79 Å². The summed E-state index contributed by atoms with van der Waals surface area (Å²) in [7, 11) is 0. The Bertz CT molecular complexity index is 612. The van der Waals surface area contributed by atoms with E-state index < -0.39 is 0 Å². The first-order valence-corrected chi connectivity index (χ1v) is 8.06. The Labute approximate surface area is 123 Å². The third-order valence-corrected chi connectivity index (χ3v) is 5.02. The number of para-hydroxylation sites is 1. The van der Waals surface area contributed by atoms with Gasteiger partial charge in [0.1, 0.15) is 0 Å². The van der Waals surface area contributed by atoms with Crippen molar-refractivity contribution in [3.8, 4) is 0 Å². The van der Waals surface area contributed by atoms with Crippen LogP contribution in [0.5, 0.6) is 0 Å². The van der Waals surface area contributed by atoms with Crippen molar-refractivity contribution in [1.29, 1.82) is 0 Å². The van der Waals surface area contributed by atoms with Gasteiger partial charge in [-0.15, -0.1) is 0 Å². The molecule has 0 saturated carbocycles. The van der Waals surface area contributed by atoms with Crippen molar-refractivity contribution >= 4 is 28.6 Å². The second-order valence-electron chi connectivity index (χ2n) is 5.59. The number of H-pyrrole nitrogens is 1. The molecule has 2 aromatic rings. The van der Waals surface area contributed by atoms with Gasteiger partial charge in [0.05, 0.1) is 6.42 Å². The number of carbonyl (C=O) groups is 1. The van der Waals surface area contributed by atoms with Crippen molar-refractivity contribution in [2.24, 2.45) is 0 Å². The van der Waals surface area contributed by atoms with Crippen LogP contribution in [0.25, 0.3) is 10.9 Å². The average molecular weight is 288 g/mol. The molecule has 1 amide bonds. The van der Waals surface area contributed by atoms with Crippen LogP contribution in [0.1, 0.15) is 19.4 Å². The third-order valence-electron chi connectivity index (χ3n) is 3.79. The van der Waals surface area contributed by atoms with E-state index in [1.165, 1.54) is 0 Å². The average Bonchev–Trinajstić information content (AvgIpc) is 2.81. The first-order chi connectivity index (χ1) is 9.63. The minimum atomic E-state index is 0.244. The van der Waals surface area contributed by atoms with Crippen molar-refractivity contribution in [2.45, 2.75) is 30.8 Å². The Morgan fingerprint density at radius 2 is 2.00 bits per heavy atom. The minimum Gasteiger partial charge on any atom is -0.361 e. The molecule has 0 radical (unpaired) electrons. The number of hydrogen-bond donors (Lipinski definition) is 1. The minimum absolute atomic E-state index is 0.244. The summed E-state index contributed by atoms with van der Waals surface area (Å²) in [6, 6.07) is 8.15. The van der Waals surface area contributed by atoms with E-state index in [0.717, 1.165) is 29.6 Å². The number of hydrogen-bond acceptors (Lipinski definition) is 2. The topological polar surface area (TPSA) is 36.1 Å². The predicted molar refractivity (Wildman–Crippen MR) is 85.1 cm³/mol. The highest BCUT2D eigenvalue weighted by Gasteiger charge is 2.26. The van der Waals surface area contributed by atoms with Crippen LogP contribution in [0, 0.1) is 0 Å². The molecule has 2 atom stereocenters. The normalized spacial score (nSPS) is 23.2. The summed E-state index contributed by atoms with van der Waals surface area (Å²) in [6.07, 6.45) is 2.46. The van der Waals surface area contributed by atoms with Gasteiger partial charge in [0.15, 0.2) is 0 Å². The zero-order valence-electron chi connectivity index (χ0n) is 11.9. The maximum atomic E-state index is 12.5. The molecular weight excluding hydrogens is 268 g/mol. The van der Waals surface area contributed by atoms with Crippen LogP contribution in [0.2, 0.25) is 0 Å². The van der Waals surface area contributed by atoms with Gasteiger partial charge < -0.3 is 9.88 Å². The summed E-state index contributed by atoms with van der Waals surface area (Å²) >= 11 is 1.97. The summed E-state index contributed by atoms with van der Waals surface area (Å²) in [4.78, 5) is 17.8. The van der Waals surface area contributed by atoms with Crippen LogP contribution in [-0.2, 0) is 11.2 Å². The molecule has 2 heterocycles. The smallest absolute Gasteiger partial charge is 0.227 e. The second-order valence-corrected chi connectivity index (χ2v) is 7.47.